The van der Waals surface area contributed by atoms with Gasteiger partial charge < -0.3 is 0 Å². The molecule has 0 spiro atoms. The molecule has 60 valence electrons. The Hall–Kier alpha value is 0.470. The maximum Gasteiger partial charge on any atom is 0.0485 e. The molecule has 0 saturated carbocycles. The normalized spacial score (nSPS) is 10.2. The summed E-state index contributed by atoms with van der Waals surface area (Å²) >= 11 is 12.6. The predicted octanol–water partition coefficient (Wildman–Crippen LogP) is 4.26. The zero-order chi connectivity index (χ0) is 8.43. The van der Waals surface area contributed by atoms with Crippen molar-refractivity contribution in [2.24, 2.45) is 0 Å². The molecule has 0 amide bonds. The number of rotatable bonds is 1. The molecule has 0 aromatic heterocycles. The quantitative estimate of drug-likeness (QED) is 0.680. The van der Waals surface area contributed by atoms with E-state index < -0.39 is 0 Å². The molecule has 0 nitrogen and oxygen atoms in total. The molecule has 0 N–H and O–H groups in total. The Morgan fingerprint density at radius 3 is 2.45 bits per heavy atom. The lowest BCUT2D eigenvalue weighted by Gasteiger charge is -2.03. The second-order valence-electron chi connectivity index (χ2n) is 2.33. The predicted molar refractivity (Wildman–Crippen MR) is 56.1 cm³/mol. The van der Waals surface area contributed by atoms with Gasteiger partial charge in [-0.05, 0) is 30.2 Å². The molecule has 0 unspecified atom stereocenters. The van der Waals surface area contributed by atoms with Gasteiger partial charge in [-0.1, -0.05) is 31.9 Å². The molecule has 0 bridgehead atoms. The first-order valence-electron chi connectivity index (χ1n) is 3.15. The molecule has 0 aliphatic carbocycles. The Morgan fingerprint density at radius 1 is 1.27 bits per heavy atom. The van der Waals surface area contributed by atoms with Crippen LogP contribution < -0.4 is 0 Å². The van der Waals surface area contributed by atoms with Gasteiger partial charge in [0.2, 0.25) is 0 Å². The highest BCUT2D eigenvalue weighted by Gasteiger charge is 2.01. The van der Waals surface area contributed by atoms with Crippen molar-refractivity contribution in [2.75, 3.05) is 0 Å². The van der Waals surface area contributed by atoms with Crippen LogP contribution in [0.4, 0.5) is 0 Å². The maximum absolute atomic E-state index is 5.71. The highest BCUT2D eigenvalue weighted by atomic mass is 79.9. The molecule has 0 atom stereocenters. The third kappa shape index (κ3) is 2.20. The van der Waals surface area contributed by atoms with Crippen molar-refractivity contribution < 1.29 is 0 Å². The van der Waals surface area contributed by atoms with E-state index in [1.165, 1.54) is 5.56 Å². The average molecular weight is 298 g/mol. The molecule has 1 rings (SSSR count). The van der Waals surface area contributed by atoms with Crippen LogP contribution in [0, 0.1) is 6.92 Å². The van der Waals surface area contributed by atoms with Gasteiger partial charge in [-0.25, -0.2) is 0 Å². The van der Waals surface area contributed by atoms with E-state index in [0.717, 1.165) is 14.5 Å². The standard InChI is InChI=1S/C8H7Br2Cl/c1-5-2-8(10)6(4-11)3-7(5)9/h2-3H,4H2,1H3. The van der Waals surface area contributed by atoms with E-state index in [1.54, 1.807) is 0 Å². The van der Waals surface area contributed by atoms with Crippen molar-refractivity contribution in [3.05, 3.63) is 32.2 Å². The fourth-order valence-corrected chi connectivity index (χ4v) is 2.16. The topological polar surface area (TPSA) is 0 Å². The zero-order valence-corrected chi connectivity index (χ0v) is 9.92. The second kappa shape index (κ2) is 3.92. The van der Waals surface area contributed by atoms with Gasteiger partial charge in [0.25, 0.3) is 0 Å². The molecule has 0 radical (unpaired) electrons. The first-order chi connectivity index (χ1) is 5.15. The molecule has 0 fully saturated rings. The molecule has 0 aliphatic rings. The number of hydrogen-bond acceptors (Lipinski definition) is 0. The van der Waals surface area contributed by atoms with Gasteiger partial charge >= 0.3 is 0 Å². The number of benzene rings is 1. The van der Waals surface area contributed by atoms with E-state index in [2.05, 4.69) is 37.9 Å². The second-order valence-corrected chi connectivity index (χ2v) is 4.30. The van der Waals surface area contributed by atoms with Crippen LogP contribution >= 0.6 is 43.5 Å². The minimum Gasteiger partial charge on any atom is -0.122 e. The summed E-state index contributed by atoms with van der Waals surface area (Å²) in [6, 6.07) is 4.09. The largest absolute Gasteiger partial charge is 0.122 e. The Kier molecular flexibility index (Phi) is 3.41. The fourth-order valence-electron chi connectivity index (χ4n) is 0.790. The van der Waals surface area contributed by atoms with Gasteiger partial charge in [-0.2, -0.15) is 0 Å². The molecule has 1 aromatic rings. The molecule has 1 aromatic carbocycles. The van der Waals surface area contributed by atoms with Gasteiger partial charge in [0, 0.05) is 14.8 Å². The Labute approximate surface area is 88.2 Å². The van der Waals surface area contributed by atoms with Crippen molar-refractivity contribution in [2.45, 2.75) is 12.8 Å². The molecular formula is C8H7Br2Cl. The van der Waals surface area contributed by atoms with E-state index in [9.17, 15) is 0 Å². The summed E-state index contributed by atoms with van der Waals surface area (Å²) in [7, 11) is 0. The van der Waals surface area contributed by atoms with Crippen LogP contribution in [0.3, 0.4) is 0 Å². The monoisotopic (exact) mass is 296 g/mol. The zero-order valence-electron chi connectivity index (χ0n) is 6.00. The first-order valence-corrected chi connectivity index (χ1v) is 5.27. The SMILES string of the molecule is Cc1cc(Br)c(CCl)cc1Br. The lowest BCUT2D eigenvalue weighted by Crippen LogP contribution is -1.83. The smallest absolute Gasteiger partial charge is 0.0485 e. The Balaban J connectivity index is 3.21. The molecule has 0 saturated heterocycles. The van der Waals surface area contributed by atoms with Crippen molar-refractivity contribution in [1.29, 1.82) is 0 Å². The van der Waals surface area contributed by atoms with Crippen LogP contribution in [0.25, 0.3) is 0 Å². The van der Waals surface area contributed by atoms with E-state index in [1.807, 2.05) is 13.0 Å². The summed E-state index contributed by atoms with van der Waals surface area (Å²) in [6.45, 7) is 2.05. The van der Waals surface area contributed by atoms with E-state index in [0.29, 0.717) is 5.88 Å². The molecule has 3 heteroatoms. The summed E-state index contributed by atoms with van der Waals surface area (Å²) in [5.41, 5.74) is 2.33. The summed E-state index contributed by atoms with van der Waals surface area (Å²) in [4.78, 5) is 0. The highest BCUT2D eigenvalue weighted by Crippen LogP contribution is 2.26. The fraction of sp³-hybridized carbons (Fsp3) is 0.250. The Bertz CT molecular complexity index is 271. The average Bonchev–Trinajstić information content (AvgIpc) is 1.97. The van der Waals surface area contributed by atoms with Crippen LogP contribution in [0.1, 0.15) is 11.1 Å². The summed E-state index contributed by atoms with van der Waals surface area (Å²) < 4.78 is 2.18. The minimum absolute atomic E-state index is 0.541. The van der Waals surface area contributed by atoms with Crippen molar-refractivity contribution in [1.82, 2.24) is 0 Å². The van der Waals surface area contributed by atoms with Crippen LogP contribution in [0.15, 0.2) is 21.1 Å². The van der Waals surface area contributed by atoms with E-state index in [-0.39, 0.29) is 0 Å². The molecule has 11 heavy (non-hydrogen) atoms. The summed E-state index contributed by atoms with van der Waals surface area (Å²) in [6.07, 6.45) is 0. The maximum atomic E-state index is 5.71. The third-order valence-corrected chi connectivity index (χ3v) is 3.35. The Morgan fingerprint density at radius 2 is 1.91 bits per heavy atom. The van der Waals surface area contributed by atoms with Crippen LogP contribution in [-0.2, 0) is 5.88 Å². The van der Waals surface area contributed by atoms with Crippen molar-refractivity contribution in [3.63, 3.8) is 0 Å². The molecule has 0 aliphatic heterocycles. The van der Waals surface area contributed by atoms with Crippen molar-refractivity contribution in [3.8, 4) is 0 Å². The van der Waals surface area contributed by atoms with E-state index in [4.69, 9.17) is 11.6 Å². The van der Waals surface area contributed by atoms with Crippen LogP contribution in [0.2, 0.25) is 0 Å². The summed E-state index contributed by atoms with van der Waals surface area (Å²) in [5.74, 6) is 0.541. The lowest BCUT2D eigenvalue weighted by molar-refractivity contribution is 1.31. The number of aryl methyl sites for hydroxylation is 1. The van der Waals surface area contributed by atoms with Gasteiger partial charge in [0.05, 0.1) is 0 Å². The van der Waals surface area contributed by atoms with E-state index >= 15 is 0 Å². The van der Waals surface area contributed by atoms with Gasteiger partial charge in [0.1, 0.15) is 0 Å². The number of hydrogen-bond donors (Lipinski definition) is 0. The van der Waals surface area contributed by atoms with Gasteiger partial charge in [-0.3, -0.25) is 0 Å². The van der Waals surface area contributed by atoms with Gasteiger partial charge in [-0.15, -0.1) is 11.6 Å². The van der Waals surface area contributed by atoms with Crippen LogP contribution in [0.5, 0.6) is 0 Å². The number of alkyl halides is 1. The third-order valence-electron chi connectivity index (χ3n) is 1.47. The van der Waals surface area contributed by atoms with Gasteiger partial charge in [0.15, 0.2) is 0 Å². The van der Waals surface area contributed by atoms with Crippen LogP contribution in [-0.4, -0.2) is 0 Å². The first kappa shape index (κ1) is 9.56. The lowest BCUT2D eigenvalue weighted by atomic mass is 10.2. The molecule has 0 heterocycles. The van der Waals surface area contributed by atoms with Crippen molar-refractivity contribution >= 4 is 43.5 Å². The molecular weight excluding hydrogens is 291 g/mol. The number of halogens is 3. The summed E-state index contributed by atoms with van der Waals surface area (Å²) in [5, 5.41) is 0. The highest BCUT2D eigenvalue weighted by molar-refractivity contribution is 9.11. The minimum atomic E-state index is 0.541.